The average Bonchev–Trinajstić information content (AvgIpc) is 2.72. The van der Waals surface area contributed by atoms with E-state index >= 15 is 0 Å². The minimum atomic E-state index is -3.84. The predicted molar refractivity (Wildman–Crippen MR) is 121 cm³/mol. The summed E-state index contributed by atoms with van der Waals surface area (Å²) in [5, 5.41) is 0.0558. The standard InChI is InChI=1S/C21H25ClN2O5S2/c1-4-23(5-2)31(28,29)20-14-16(8-10-18(20)22)21(25)24-12-6-7-15-13-17(30(3,26)27)9-11-19(15)24/h8-11,13-14H,4-7,12H2,1-3H3. The van der Waals surface area contributed by atoms with E-state index in [2.05, 4.69) is 0 Å². The third-order valence-corrected chi connectivity index (χ3v) is 8.99. The molecule has 0 radical (unpaired) electrons. The molecule has 3 rings (SSSR count). The molecule has 0 aliphatic carbocycles. The Bertz CT molecular complexity index is 1220. The lowest BCUT2D eigenvalue weighted by molar-refractivity contribution is 0.0985. The third-order valence-electron chi connectivity index (χ3n) is 5.34. The van der Waals surface area contributed by atoms with E-state index in [0.717, 1.165) is 11.8 Å². The summed E-state index contributed by atoms with van der Waals surface area (Å²) in [6.07, 6.45) is 2.47. The number of rotatable bonds is 6. The van der Waals surface area contributed by atoms with E-state index in [9.17, 15) is 21.6 Å². The van der Waals surface area contributed by atoms with E-state index in [4.69, 9.17) is 11.6 Å². The minimum Gasteiger partial charge on any atom is -0.308 e. The number of hydrogen-bond acceptors (Lipinski definition) is 5. The van der Waals surface area contributed by atoms with Gasteiger partial charge in [0.15, 0.2) is 9.84 Å². The molecule has 7 nitrogen and oxygen atoms in total. The van der Waals surface area contributed by atoms with Gasteiger partial charge < -0.3 is 4.90 Å². The van der Waals surface area contributed by atoms with Gasteiger partial charge in [0.25, 0.3) is 5.91 Å². The van der Waals surface area contributed by atoms with Crippen LogP contribution in [0.1, 0.15) is 36.2 Å². The Morgan fingerprint density at radius 1 is 1.06 bits per heavy atom. The topological polar surface area (TPSA) is 91.8 Å². The number of hydrogen-bond donors (Lipinski definition) is 0. The van der Waals surface area contributed by atoms with E-state index in [0.29, 0.717) is 25.1 Å². The molecule has 0 atom stereocenters. The number of sulfone groups is 1. The fraction of sp³-hybridized carbons (Fsp3) is 0.381. The molecule has 1 aliphatic heterocycles. The predicted octanol–water partition coefficient (Wildman–Crippen LogP) is 3.37. The highest BCUT2D eigenvalue weighted by Gasteiger charge is 2.29. The number of sulfonamides is 1. The summed E-state index contributed by atoms with van der Waals surface area (Å²) >= 11 is 6.18. The second-order valence-corrected chi connectivity index (χ2v) is 11.7. The zero-order valence-electron chi connectivity index (χ0n) is 17.6. The normalized spacial score (nSPS) is 14.5. The van der Waals surface area contributed by atoms with Crippen molar-refractivity contribution in [1.82, 2.24) is 4.31 Å². The monoisotopic (exact) mass is 484 g/mol. The highest BCUT2D eigenvalue weighted by molar-refractivity contribution is 7.90. The number of anilines is 1. The second-order valence-electron chi connectivity index (χ2n) is 7.36. The molecule has 10 heteroatoms. The molecular weight excluding hydrogens is 460 g/mol. The Morgan fingerprint density at radius 2 is 1.74 bits per heavy atom. The Kier molecular flexibility index (Phi) is 6.81. The van der Waals surface area contributed by atoms with E-state index in [-0.39, 0.29) is 39.4 Å². The summed E-state index contributed by atoms with van der Waals surface area (Å²) in [5.41, 5.74) is 1.61. The Balaban J connectivity index is 2.02. The van der Waals surface area contributed by atoms with Gasteiger partial charge in [0.05, 0.1) is 9.92 Å². The van der Waals surface area contributed by atoms with Crippen LogP contribution in [-0.4, -0.2) is 52.9 Å². The summed E-state index contributed by atoms with van der Waals surface area (Å²) < 4.78 is 50.9. The van der Waals surface area contributed by atoms with Crippen LogP contribution in [0.15, 0.2) is 46.2 Å². The van der Waals surface area contributed by atoms with Crippen molar-refractivity contribution in [2.75, 3.05) is 30.8 Å². The first-order valence-electron chi connectivity index (χ1n) is 9.95. The van der Waals surface area contributed by atoms with Crippen LogP contribution < -0.4 is 4.90 Å². The highest BCUT2D eigenvalue weighted by Crippen LogP contribution is 2.32. The number of amides is 1. The number of benzene rings is 2. The molecule has 1 amide bonds. The molecular formula is C21H25ClN2O5S2. The molecule has 31 heavy (non-hydrogen) atoms. The van der Waals surface area contributed by atoms with Crippen molar-refractivity contribution in [3.63, 3.8) is 0 Å². The molecule has 0 aromatic heterocycles. The van der Waals surface area contributed by atoms with Gasteiger partial charge in [0, 0.05) is 37.1 Å². The van der Waals surface area contributed by atoms with Crippen LogP contribution in [0.4, 0.5) is 5.69 Å². The minimum absolute atomic E-state index is 0.0558. The fourth-order valence-corrected chi connectivity index (χ4v) is 6.34. The van der Waals surface area contributed by atoms with Gasteiger partial charge in [-0.2, -0.15) is 4.31 Å². The molecule has 0 fully saturated rings. The molecule has 0 N–H and O–H groups in total. The van der Waals surface area contributed by atoms with Gasteiger partial charge in [-0.3, -0.25) is 4.79 Å². The molecule has 2 aromatic rings. The van der Waals surface area contributed by atoms with Gasteiger partial charge in [-0.15, -0.1) is 0 Å². The number of aryl methyl sites for hydroxylation is 1. The maximum atomic E-state index is 13.3. The molecule has 1 heterocycles. The molecule has 0 unspecified atom stereocenters. The number of carbonyl (C=O) groups is 1. The highest BCUT2D eigenvalue weighted by atomic mass is 35.5. The van der Waals surface area contributed by atoms with Gasteiger partial charge in [-0.25, -0.2) is 16.8 Å². The van der Waals surface area contributed by atoms with Gasteiger partial charge in [-0.05, 0) is 54.8 Å². The zero-order valence-corrected chi connectivity index (χ0v) is 20.0. The van der Waals surface area contributed by atoms with Crippen LogP contribution in [0.25, 0.3) is 0 Å². The van der Waals surface area contributed by atoms with Crippen molar-refractivity contribution >= 4 is 43.1 Å². The van der Waals surface area contributed by atoms with E-state index < -0.39 is 19.9 Å². The summed E-state index contributed by atoms with van der Waals surface area (Å²) in [7, 11) is -7.19. The number of nitrogens with zero attached hydrogens (tertiary/aromatic N) is 2. The lowest BCUT2D eigenvalue weighted by Gasteiger charge is -2.30. The number of carbonyl (C=O) groups excluding carboxylic acids is 1. The molecule has 0 spiro atoms. The van der Waals surface area contributed by atoms with Crippen molar-refractivity contribution in [1.29, 1.82) is 0 Å². The Hall–Kier alpha value is -1.94. The lowest BCUT2D eigenvalue weighted by atomic mass is 10.0. The van der Waals surface area contributed by atoms with Crippen molar-refractivity contribution in [2.45, 2.75) is 36.5 Å². The van der Waals surface area contributed by atoms with Crippen molar-refractivity contribution in [2.24, 2.45) is 0 Å². The Morgan fingerprint density at radius 3 is 2.35 bits per heavy atom. The van der Waals surface area contributed by atoms with Gasteiger partial charge in [0.1, 0.15) is 4.90 Å². The average molecular weight is 485 g/mol. The first kappa shape index (κ1) is 23.7. The molecule has 0 saturated carbocycles. The fourth-order valence-electron chi connectivity index (χ4n) is 3.71. The van der Waals surface area contributed by atoms with Crippen LogP contribution in [-0.2, 0) is 26.3 Å². The van der Waals surface area contributed by atoms with Crippen LogP contribution in [0, 0.1) is 0 Å². The third kappa shape index (κ3) is 4.64. The van der Waals surface area contributed by atoms with Gasteiger partial charge in [0.2, 0.25) is 10.0 Å². The molecule has 168 valence electrons. The van der Waals surface area contributed by atoms with E-state index in [1.807, 2.05) is 0 Å². The van der Waals surface area contributed by atoms with Gasteiger partial charge >= 0.3 is 0 Å². The smallest absolute Gasteiger partial charge is 0.258 e. The summed E-state index contributed by atoms with van der Waals surface area (Å²) in [6.45, 7) is 4.49. The van der Waals surface area contributed by atoms with E-state index in [1.54, 1.807) is 30.9 Å². The molecule has 0 bridgehead atoms. The maximum Gasteiger partial charge on any atom is 0.258 e. The molecule has 2 aromatic carbocycles. The van der Waals surface area contributed by atoms with Crippen LogP contribution in [0.5, 0.6) is 0 Å². The summed E-state index contributed by atoms with van der Waals surface area (Å²) in [4.78, 5) is 15.0. The summed E-state index contributed by atoms with van der Waals surface area (Å²) in [5.74, 6) is -0.360. The first-order valence-corrected chi connectivity index (χ1v) is 13.7. The van der Waals surface area contributed by atoms with Crippen molar-refractivity contribution in [3.8, 4) is 0 Å². The van der Waals surface area contributed by atoms with Crippen LogP contribution in [0.3, 0.4) is 0 Å². The maximum absolute atomic E-state index is 13.3. The number of fused-ring (bicyclic) bond motifs is 1. The number of halogens is 1. The van der Waals surface area contributed by atoms with Crippen molar-refractivity contribution in [3.05, 3.63) is 52.5 Å². The summed E-state index contributed by atoms with van der Waals surface area (Å²) in [6, 6.07) is 8.96. The van der Waals surface area contributed by atoms with E-state index in [1.165, 1.54) is 28.6 Å². The van der Waals surface area contributed by atoms with Crippen LogP contribution in [0.2, 0.25) is 5.02 Å². The Labute approximate surface area is 188 Å². The lowest BCUT2D eigenvalue weighted by Crippen LogP contribution is -2.36. The second kappa shape index (κ2) is 8.90. The molecule has 1 aliphatic rings. The first-order chi connectivity index (χ1) is 14.5. The quantitative estimate of drug-likeness (QED) is 0.626. The SMILES string of the molecule is CCN(CC)S(=O)(=O)c1cc(C(=O)N2CCCc3cc(S(C)(=O)=O)ccc32)ccc1Cl. The van der Waals surface area contributed by atoms with Crippen molar-refractivity contribution < 1.29 is 21.6 Å². The zero-order chi connectivity index (χ0) is 23.0. The van der Waals surface area contributed by atoms with Crippen LogP contribution >= 0.6 is 11.6 Å². The largest absolute Gasteiger partial charge is 0.308 e. The van der Waals surface area contributed by atoms with Gasteiger partial charge in [-0.1, -0.05) is 25.4 Å². The molecule has 0 saturated heterocycles.